The lowest BCUT2D eigenvalue weighted by Crippen LogP contribution is -2.64. The summed E-state index contributed by atoms with van der Waals surface area (Å²) in [4.78, 5) is 75.1. The summed E-state index contributed by atoms with van der Waals surface area (Å²) >= 11 is 13.8. The van der Waals surface area contributed by atoms with E-state index in [1.807, 2.05) is 0 Å². The Kier molecular flexibility index (Phi) is 21.5. The van der Waals surface area contributed by atoms with Crippen molar-refractivity contribution in [2.24, 2.45) is 105 Å². The summed E-state index contributed by atoms with van der Waals surface area (Å²) in [5.41, 5.74) is -0.249. The largest absolute Gasteiger partial charge is 0.469 e. The molecule has 0 saturated heterocycles. The number of carbonyl (C=O) groups excluding carboxylic acids is 6. The van der Waals surface area contributed by atoms with Gasteiger partial charge in [-0.25, -0.2) is 0 Å². The van der Waals surface area contributed by atoms with E-state index in [9.17, 15) is 38.4 Å². The van der Waals surface area contributed by atoms with Crippen LogP contribution in [0.15, 0.2) is 12.2 Å². The van der Waals surface area contributed by atoms with Crippen molar-refractivity contribution in [3.63, 3.8) is 0 Å². The molecular weight excluding hydrogens is 1040 g/mol. The molecule has 75 heavy (non-hydrogen) atoms. The summed E-state index contributed by atoms with van der Waals surface area (Å²) in [6.07, 6.45) is 18.5. The molecule has 0 spiro atoms. The molecule has 0 aromatic carbocycles. The molecule has 0 bridgehead atoms. The minimum atomic E-state index is -3.22. The zero-order valence-corrected chi connectivity index (χ0v) is 49.7. The summed E-state index contributed by atoms with van der Waals surface area (Å²) in [6, 6.07) is 0. The lowest BCUT2D eigenvalue weighted by molar-refractivity contribution is -0.195. The Labute approximate surface area is 464 Å². The Balaban J connectivity index is 0.000000251. The molecule has 8 rings (SSSR count). The fraction of sp³-hybridized carbons (Fsp3) is 0.864. The van der Waals surface area contributed by atoms with E-state index in [4.69, 9.17) is 18.9 Å². The second-order valence-electron chi connectivity index (χ2n) is 25.3. The van der Waals surface area contributed by atoms with E-state index in [0.717, 1.165) is 89.9 Å². The highest BCUT2D eigenvalue weighted by molar-refractivity contribution is 8.24. The summed E-state index contributed by atoms with van der Waals surface area (Å²) in [5, 5.41) is 8.51. The zero-order valence-electron chi connectivity index (χ0n) is 46.5. The van der Waals surface area contributed by atoms with Gasteiger partial charge in [0, 0.05) is 55.8 Å². The van der Waals surface area contributed by atoms with E-state index < -0.39 is 11.3 Å². The van der Waals surface area contributed by atoms with Crippen molar-refractivity contribution in [3.05, 3.63) is 12.2 Å². The number of aliphatic hydroxyl groups is 1. The first-order valence-electron chi connectivity index (χ1n) is 28.2. The Morgan fingerprint density at radius 1 is 0.667 bits per heavy atom. The van der Waals surface area contributed by atoms with Gasteiger partial charge in [0.2, 0.25) is 0 Å². The number of fused-ring (bicyclic) bond motifs is 10. The van der Waals surface area contributed by atoms with E-state index in [2.05, 4.69) is 101 Å². The molecule has 8 aliphatic carbocycles. The number of allylic oxidation sites excluding steroid dienone is 2. The standard InChI is InChI=1S/C29H46O6.C29H44O5.CH4.Cl3OP/c1-7-19-22-14-18(35-17(3)30)12-13-28(22,4)23-15-24(31)29(5)20(16(2)8-11-25(32)34-6)9-10-21(29)26(23)27(19)33;1-7-20-24-16-19(34-18(3)30)12-14-29(24,5)23-13-15-28(4)21(17(2)8-11-25(31)33-6)9-10-22(28)26(23)27(20)32;;1-5(2,3)4/h16,18-24,26,31H,7-15H2,1-6H3;13,15,17,19-24,26H,7-12,14,16H2,1-6H3;1H4;/t16-,18-,19-,20-,21?,22+,23?,24+,26?,28+,29-;17-,19-,20-,21-,22?,23?,24+,26?,28-,29-;;/m11../s1. The predicted molar refractivity (Wildman–Crippen MR) is 295 cm³/mol. The molecule has 16 heteroatoms. The van der Waals surface area contributed by atoms with Crippen LogP contribution in [-0.2, 0) is 52.3 Å². The van der Waals surface area contributed by atoms with Gasteiger partial charge in [0.15, 0.2) is 0 Å². The Bertz CT molecular complexity index is 2140. The van der Waals surface area contributed by atoms with Crippen molar-refractivity contribution in [1.29, 1.82) is 0 Å². The quantitative estimate of drug-likeness (QED) is 0.0848. The molecule has 8 aliphatic rings. The van der Waals surface area contributed by atoms with Crippen molar-refractivity contribution in [1.82, 2.24) is 0 Å². The number of ketones is 2. The molecule has 0 heterocycles. The molecule has 1 N–H and O–H groups in total. The minimum absolute atomic E-state index is 0. The van der Waals surface area contributed by atoms with Crippen molar-refractivity contribution in [3.8, 4) is 0 Å². The Morgan fingerprint density at radius 2 is 1.11 bits per heavy atom. The van der Waals surface area contributed by atoms with Crippen LogP contribution in [0.5, 0.6) is 0 Å². The monoisotopic (exact) mass is 1130 g/mol. The number of esters is 4. The van der Waals surface area contributed by atoms with Crippen LogP contribution in [0, 0.1) is 105 Å². The van der Waals surface area contributed by atoms with Crippen LogP contribution in [0.1, 0.15) is 186 Å². The number of methoxy groups -OCH3 is 2. The SMILES string of the molecule is C.CC[C@H]1C(=O)C2C3CC[C@H]([C@H](C)CCC(=O)OC)[C@@]3(C)C=CC2[C@@]2(C)CC[C@@H](OC(C)=O)C[C@@H]12.CC[C@H]1C(=O)C2C3CC[C@H]([C@H](C)CCC(=O)OC)[C@@]3(C)[C@@H](O)CC2[C@@]2(C)CC[C@@H](OC(C)=O)C[C@@H]12.O=P(Cl)(Cl)Cl. The number of carbonyl (C=O) groups is 6. The van der Waals surface area contributed by atoms with Gasteiger partial charge in [0.1, 0.15) is 23.8 Å². The number of rotatable bonds is 12. The molecule has 0 aromatic rings. The maximum Gasteiger partial charge on any atom is 0.339 e. The van der Waals surface area contributed by atoms with Gasteiger partial charge in [-0.15, -0.1) is 0 Å². The fourth-order valence-electron chi connectivity index (χ4n) is 18.5. The zero-order chi connectivity index (χ0) is 55.0. The van der Waals surface area contributed by atoms with Crippen LogP contribution in [0.3, 0.4) is 0 Å². The van der Waals surface area contributed by atoms with Gasteiger partial charge < -0.3 is 24.1 Å². The molecule has 0 amide bonds. The summed E-state index contributed by atoms with van der Waals surface area (Å²) in [6.45, 7) is 21.1. The molecular formula is C59H94Cl3O12P. The van der Waals surface area contributed by atoms with Gasteiger partial charge >= 0.3 is 29.1 Å². The van der Waals surface area contributed by atoms with Gasteiger partial charge in [0.05, 0.1) is 20.3 Å². The average molecular weight is 1130 g/mol. The van der Waals surface area contributed by atoms with E-state index in [1.54, 1.807) is 0 Å². The number of aliphatic hydroxyl groups excluding tert-OH is 1. The third-order valence-corrected chi connectivity index (χ3v) is 22.0. The second-order valence-corrected chi connectivity index (χ2v) is 31.9. The van der Waals surface area contributed by atoms with E-state index in [0.29, 0.717) is 60.4 Å². The van der Waals surface area contributed by atoms with E-state index in [1.165, 1.54) is 28.1 Å². The molecule has 0 aliphatic heterocycles. The summed E-state index contributed by atoms with van der Waals surface area (Å²) in [5.74, 6) is 3.19. The Morgan fingerprint density at radius 3 is 1.59 bits per heavy atom. The molecule has 0 radical (unpaired) electrons. The highest BCUT2D eigenvalue weighted by Crippen LogP contribution is 2.70. The first-order valence-corrected chi connectivity index (χ1v) is 32.6. The van der Waals surface area contributed by atoms with E-state index in [-0.39, 0.29) is 118 Å². The van der Waals surface area contributed by atoms with Crippen molar-refractivity contribution >= 4 is 74.4 Å². The number of ether oxygens (including phenoxy) is 4. The highest BCUT2D eigenvalue weighted by Gasteiger charge is 2.68. The fourth-order valence-corrected chi connectivity index (χ4v) is 18.5. The number of hydrogen-bond acceptors (Lipinski definition) is 12. The summed E-state index contributed by atoms with van der Waals surface area (Å²) < 4.78 is 30.5. The molecule has 12 nitrogen and oxygen atoms in total. The average Bonchev–Trinajstić information content (AvgIpc) is 3.88. The molecule has 0 aromatic heterocycles. The van der Waals surface area contributed by atoms with Gasteiger partial charge in [-0.05, 0) is 205 Å². The maximum atomic E-state index is 14.2. The number of hydrogen-bond donors (Lipinski definition) is 1. The van der Waals surface area contributed by atoms with Gasteiger partial charge in [-0.2, -0.15) is 0 Å². The molecule has 428 valence electrons. The van der Waals surface area contributed by atoms with Gasteiger partial charge in [-0.1, -0.05) is 75.0 Å². The lowest BCUT2D eigenvalue weighted by Gasteiger charge is -2.63. The van der Waals surface area contributed by atoms with Crippen LogP contribution in [0.25, 0.3) is 0 Å². The third kappa shape index (κ3) is 12.8. The number of halogens is 3. The third-order valence-electron chi connectivity index (χ3n) is 22.0. The highest BCUT2D eigenvalue weighted by atomic mass is 36.0. The van der Waals surface area contributed by atoms with Crippen molar-refractivity contribution in [2.45, 2.75) is 204 Å². The first-order chi connectivity index (χ1) is 34.5. The topological polar surface area (TPSA) is 177 Å². The smallest absolute Gasteiger partial charge is 0.339 e. The van der Waals surface area contributed by atoms with Crippen molar-refractivity contribution in [2.75, 3.05) is 14.2 Å². The maximum absolute atomic E-state index is 14.2. The van der Waals surface area contributed by atoms with Crippen LogP contribution in [-0.4, -0.2) is 73.1 Å². The Hall–Kier alpha value is -1.98. The summed E-state index contributed by atoms with van der Waals surface area (Å²) in [7, 11) is 2.88. The minimum Gasteiger partial charge on any atom is -0.469 e. The normalized spacial score (nSPS) is 42.0. The van der Waals surface area contributed by atoms with Crippen LogP contribution < -0.4 is 0 Å². The lowest BCUT2D eigenvalue weighted by atomic mass is 9.41. The number of Topliss-reactive ketones (excluding diaryl/α,β-unsaturated/α-hetero) is 2. The van der Waals surface area contributed by atoms with Crippen LogP contribution >= 0.6 is 38.9 Å². The molecule has 7 fully saturated rings. The van der Waals surface area contributed by atoms with Crippen LogP contribution in [0.2, 0.25) is 0 Å². The molecule has 6 unspecified atom stereocenters. The van der Waals surface area contributed by atoms with Gasteiger partial charge in [0.25, 0.3) is 0 Å². The van der Waals surface area contributed by atoms with E-state index >= 15 is 0 Å². The first kappa shape index (κ1) is 63.8. The molecule has 7 saturated carbocycles. The molecule has 21 atom stereocenters. The predicted octanol–water partition coefficient (Wildman–Crippen LogP) is 14.2. The van der Waals surface area contributed by atoms with Crippen molar-refractivity contribution < 1.29 is 57.4 Å². The van der Waals surface area contributed by atoms with Gasteiger partial charge in [-0.3, -0.25) is 33.3 Å². The second kappa shape index (κ2) is 25.2. The van der Waals surface area contributed by atoms with Crippen LogP contribution in [0.4, 0.5) is 0 Å².